The Kier molecular flexibility index (Phi) is 4.66. The van der Waals surface area contributed by atoms with E-state index >= 15 is 0 Å². The first-order chi connectivity index (χ1) is 12.0. The van der Waals surface area contributed by atoms with Crippen LogP contribution in [0.25, 0.3) is 0 Å². The zero-order valence-electron chi connectivity index (χ0n) is 14.0. The molecule has 0 bridgehead atoms. The second kappa shape index (κ2) is 7.05. The Morgan fingerprint density at radius 2 is 1.84 bits per heavy atom. The minimum atomic E-state index is -0.478. The molecule has 1 heterocycles. The van der Waals surface area contributed by atoms with E-state index in [4.69, 9.17) is 4.74 Å². The smallest absolute Gasteiger partial charge is 0.278 e. The monoisotopic (exact) mass is 334 g/mol. The van der Waals surface area contributed by atoms with E-state index < -0.39 is 5.91 Å². The van der Waals surface area contributed by atoms with E-state index in [1.807, 2.05) is 37.3 Å². The number of anilines is 1. The quantitative estimate of drug-likeness (QED) is 0.739. The van der Waals surface area contributed by atoms with E-state index in [-0.39, 0.29) is 11.4 Å². The second-order valence-corrected chi connectivity index (χ2v) is 5.67. The molecule has 3 rings (SSSR count). The van der Waals surface area contributed by atoms with Crippen molar-refractivity contribution in [1.29, 1.82) is 0 Å². The SMILES string of the molecule is Cc1ccccc1Oc1cccc(NC(=O)c2nccc(C)c2O)c1. The van der Waals surface area contributed by atoms with Crippen LogP contribution >= 0.6 is 0 Å². The van der Waals surface area contributed by atoms with Gasteiger partial charge in [0.15, 0.2) is 5.69 Å². The summed E-state index contributed by atoms with van der Waals surface area (Å²) in [5.74, 6) is 0.763. The molecule has 1 amide bonds. The minimum absolute atomic E-state index is 0.00905. The number of nitrogens with one attached hydrogen (secondary N) is 1. The molecular weight excluding hydrogens is 316 g/mol. The van der Waals surface area contributed by atoms with Crippen molar-refractivity contribution < 1.29 is 14.6 Å². The van der Waals surface area contributed by atoms with Crippen molar-refractivity contribution in [3.63, 3.8) is 0 Å². The lowest BCUT2D eigenvalue weighted by Crippen LogP contribution is -2.14. The number of hydrogen-bond acceptors (Lipinski definition) is 4. The number of ether oxygens (including phenoxy) is 1. The number of aryl methyl sites for hydroxylation is 2. The number of nitrogens with zero attached hydrogens (tertiary/aromatic N) is 1. The normalized spacial score (nSPS) is 10.3. The molecule has 126 valence electrons. The maximum atomic E-state index is 12.3. The van der Waals surface area contributed by atoms with Crippen LogP contribution in [0.1, 0.15) is 21.6 Å². The molecule has 0 saturated carbocycles. The summed E-state index contributed by atoms with van der Waals surface area (Å²) in [6.07, 6.45) is 1.49. The molecule has 0 saturated heterocycles. The highest BCUT2D eigenvalue weighted by Gasteiger charge is 2.15. The zero-order chi connectivity index (χ0) is 17.8. The lowest BCUT2D eigenvalue weighted by molar-refractivity contribution is 0.101. The van der Waals surface area contributed by atoms with Crippen LogP contribution in [-0.2, 0) is 0 Å². The van der Waals surface area contributed by atoms with Gasteiger partial charge in [-0.15, -0.1) is 0 Å². The van der Waals surface area contributed by atoms with Gasteiger partial charge in [0, 0.05) is 18.0 Å². The third-order valence-corrected chi connectivity index (χ3v) is 3.75. The molecule has 3 aromatic rings. The first-order valence-electron chi connectivity index (χ1n) is 7.84. The first kappa shape index (κ1) is 16.5. The lowest BCUT2D eigenvalue weighted by Gasteiger charge is -2.11. The van der Waals surface area contributed by atoms with Crippen molar-refractivity contribution in [2.75, 3.05) is 5.32 Å². The number of benzene rings is 2. The fourth-order valence-electron chi connectivity index (χ4n) is 2.34. The van der Waals surface area contributed by atoms with Gasteiger partial charge in [-0.2, -0.15) is 0 Å². The van der Waals surface area contributed by atoms with Crippen LogP contribution in [0.3, 0.4) is 0 Å². The number of rotatable bonds is 4. The molecule has 0 radical (unpaired) electrons. The molecule has 0 aliphatic rings. The number of pyridine rings is 1. The van der Waals surface area contributed by atoms with Gasteiger partial charge in [0.25, 0.3) is 5.91 Å². The fraction of sp³-hybridized carbons (Fsp3) is 0.100. The van der Waals surface area contributed by atoms with Gasteiger partial charge in [-0.1, -0.05) is 24.3 Å². The highest BCUT2D eigenvalue weighted by atomic mass is 16.5. The molecule has 0 aliphatic heterocycles. The third kappa shape index (κ3) is 3.77. The molecule has 5 heteroatoms. The summed E-state index contributed by atoms with van der Waals surface area (Å²) in [6.45, 7) is 3.68. The number of aromatic hydroxyl groups is 1. The number of carbonyl (C=O) groups excluding carboxylic acids is 1. The molecule has 5 nitrogen and oxygen atoms in total. The Balaban J connectivity index is 1.79. The zero-order valence-corrected chi connectivity index (χ0v) is 14.0. The van der Waals surface area contributed by atoms with Crippen LogP contribution < -0.4 is 10.1 Å². The number of aromatic nitrogens is 1. The highest BCUT2D eigenvalue weighted by Crippen LogP contribution is 2.27. The second-order valence-electron chi connectivity index (χ2n) is 5.67. The molecule has 0 aliphatic carbocycles. The number of para-hydroxylation sites is 1. The summed E-state index contributed by atoms with van der Waals surface area (Å²) in [7, 11) is 0. The number of carbonyl (C=O) groups is 1. The summed E-state index contributed by atoms with van der Waals surface area (Å²) in [5.41, 5.74) is 2.16. The van der Waals surface area contributed by atoms with Gasteiger partial charge in [0.05, 0.1) is 0 Å². The Morgan fingerprint density at radius 3 is 2.64 bits per heavy atom. The summed E-state index contributed by atoms with van der Waals surface area (Å²) in [4.78, 5) is 16.3. The average Bonchev–Trinajstić information content (AvgIpc) is 2.59. The fourth-order valence-corrected chi connectivity index (χ4v) is 2.34. The highest BCUT2D eigenvalue weighted by molar-refractivity contribution is 6.04. The van der Waals surface area contributed by atoms with Crippen LogP contribution in [0.15, 0.2) is 60.8 Å². The van der Waals surface area contributed by atoms with Gasteiger partial charge in [-0.05, 0) is 49.2 Å². The molecule has 0 spiro atoms. The van der Waals surface area contributed by atoms with E-state index in [1.54, 1.807) is 31.2 Å². The van der Waals surface area contributed by atoms with Crippen molar-refractivity contribution in [2.24, 2.45) is 0 Å². The topological polar surface area (TPSA) is 71.5 Å². The Morgan fingerprint density at radius 1 is 1.04 bits per heavy atom. The largest absolute Gasteiger partial charge is 0.505 e. The number of hydrogen-bond donors (Lipinski definition) is 2. The van der Waals surface area contributed by atoms with Crippen LogP contribution in [0.4, 0.5) is 5.69 Å². The maximum Gasteiger partial charge on any atom is 0.278 e. The van der Waals surface area contributed by atoms with Crippen LogP contribution in [0.2, 0.25) is 0 Å². The average molecular weight is 334 g/mol. The number of amides is 1. The molecule has 0 atom stereocenters. The van der Waals surface area contributed by atoms with Gasteiger partial charge in [-0.3, -0.25) is 4.79 Å². The maximum absolute atomic E-state index is 12.3. The molecular formula is C20H18N2O3. The summed E-state index contributed by atoms with van der Waals surface area (Å²) >= 11 is 0. The molecule has 2 aromatic carbocycles. The predicted octanol–water partition coefficient (Wildman–Crippen LogP) is 4.45. The Labute approximate surface area is 145 Å². The van der Waals surface area contributed by atoms with E-state index in [0.717, 1.165) is 11.3 Å². The minimum Gasteiger partial charge on any atom is -0.505 e. The standard InChI is InChI=1S/C20H18N2O3/c1-13-6-3-4-9-17(13)25-16-8-5-7-15(12-16)22-20(24)18-19(23)14(2)10-11-21-18/h3-12,23H,1-2H3,(H,22,24). The van der Waals surface area contributed by atoms with Crippen molar-refractivity contribution in [3.05, 3.63) is 77.6 Å². The summed E-state index contributed by atoms with van der Waals surface area (Å²) in [6, 6.07) is 16.4. The van der Waals surface area contributed by atoms with Gasteiger partial charge < -0.3 is 15.2 Å². The summed E-state index contributed by atoms with van der Waals surface area (Å²) in [5, 5.41) is 12.7. The van der Waals surface area contributed by atoms with E-state index in [2.05, 4.69) is 10.3 Å². The van der Waals surface area contributed by atoms with E-state index in [1.165, 1.54) is 6.20 Å². The first-order valence-corrected chi connectivity index (χ1v) is 7.84. The van der Waals surface area contributed by atoms with Crippen molar-refractivity contribution in [3.8, 4) is 17.2 Å². The third-order valence-electron chi connectivity index (χ3n) is 3.75. The molecule has 1 aromatic heterocycles. The Hall–Kier alpha value is -3.34. The molecule has 0 unspecified atom stereocenters. The van der Waals surface area contributed by atoms with Gasteiger partial charge >= 0.3 is 0 Å². The van der Waals surface area contributed by atoms with Crippen LogP contribution in [0, 0.1) is 13.8 Å². The Bertz CT molecular complexity index is 922. The predicted molar refractivity (Wildman–Crippen MR) is 96.3 cm³/mol. The molecule has 0 fully saturated rings. The van der Waals surface area contributed by atoms with Crippen molar-refractivity contribution >= 4 is 11.6 Å². The van der Waals surface area contributed by atoms with Gasteiger partial charge in [-0.25, -0.2) is 4.98 Å². The van der Waals surface area contributed by atoms with Crippen LogP contribution in [-0.4, -0.2) is 16.0 Å². The van der Waals surface area contributed by atoms with Gasteiger partial charge in [0.2, 0.25) is 0 Å². The van der Waals surface area contributed by atoms with E-state index in [0.29, 0.717) is 17.0 Å². The molecule has 2 N–H and O–H groups in total. The van der Waals surface area contributed by atoms with Crippen molar-refractivity contribution in [1.82, 2.24) is 4.98 Å². The lowest BCUT2D eigenvalue weighted by atomic mass is 10.2. The van der Waals surface area contributed by atoms with Crippen LogP contribution in [0.5, 0.6) is 17.2 Å². The summed E-state index contributed by atoms with van der Waals surface area (Å²) < 4.78 is 5.86. The molecule has 25 heavy (non-hydrogen) atoms. The van der Waals surface area contributed by atoms with Crippen molar-refractivity contribution in [2.45, 2.75) is 13.8 Å². The van der Waals surface area contributed by atoms with Gasteiger partial charge in [0.1, 0.15) is 17.2 Å². The van der Waals surface area contributed by atoms with E-state index in [9.17, 15) is 9.90 Å².